The maximum Gasteiger partial charge on any atom is 0.160 e. The van der Waals surface area contributed by atoms with Gasteiger partial charge >= 0.3 is 0 Å². The summed E-state index contributed by atoms with van der Waals surface area (Å²) >= 11 is 0. The molecule has 0 bridgehead atoms. The molecule has 0 atom stereocenters. The molecule has 1 aromatic carbocycles. The minimum Gasteiger partial charge on any atom is -0.504 e. The Morgan fingerprint density at radius 3 is 2.73 bits per heavy atom. The molecule has 1 aromatic rings. The minimum atomic E-state index is 0.212. The van der Waals surface area contributed by atoms with Crippen molar-refractivity contribution in [3.05, 3.63) is 36.9 Å². The summed E-state index contributed by atoms with van der Waals surface area (Å²) in [7, 11) is 0. The number of unbranched alkanes of at least 4 members (excludes halogenated alkanes) is 3. The Bertz CT molecular complexity index is 294. The van der Waals surface area contributed by atoms with E-state index in [4.69, 9.17) is 4.74 Å². The molecule has 82 valence electrons. The van der Waals surface area contributed by atoms with Crippen molar-refractivity contribution in [1.29, 1.82) is 0 Å². The third-order valence-corrected chi connectivity index (χ3v) is 2.18. The zero-order valence-electron chi connectivity index (χ0n) is 8.98. The zero-order valence-corrected chi connectivity index (χ0v) is 8.98. The maximum atomic E-state index is 9.41. The van der Waals surface area contributed by atoms with Crippen LogP contribution in [0.3, 0.4) is 0 Å². The van der Waals surface area contributed by atoms with Gasteiger partial charge in [0, 0.05) is 0 Å². The highest BCUT2D eigenvalue weighted by atomic mass is 16.5. The molecule has 2 heteroatoms. The third kappa shape index (κ3) is 4.54. The molecule has 0 spiro atoms. The lowest BCUT2D eigenvalue weighted by molar-refractivity contribution is 0.289. The van der Waals surface area contributed by atoms with Crippen LogP contribution in [-0.2, 0) is 0 Å². The van der Waals surface area contributed by atoms with Gasteiger partial charge in [-0.3, -0.25) is 0 Å². The molecule has 0 radical (unpaired) electrons. The van der Waals surface area contributed by atoms with E-state index in [1.807, 2.05) is 12.1 Å². The first-order valence-corrected chi connectivity index (χ1v) is 5.36. The highest BCUT2D eigenvalue weighted by molar-refractivity contribution is 5.37. The third-order valence-electron chi connectivity index (χ3n) is 2.18. The van der Waals surface area contributed by atoms with Crippen molar-refractivity contribution in [2.75, 3.05) is 6.61 Å². The molecule has 1 N–H and O–H groups in total. The van der Waals surface area contributed by atoms with Crippen LogP contribution >= 0.6 is 0 Å². The first-order valence-electron chi connectivity index (χ1n) is 5.36. The van der Waals surface area contributed by atoms with Gasteiger partial charge in [0.25, 0.3) is 0 Å². The van der Waals surface area contributed by atoms with Gasteiger partial charge in [-0.05, 0) is 37.8 Å². The molecule has 0 aliphatic heterocycles. The summed E-state index contributed by atoms with van der Waals surface area (Å²) in [6.45, 7) is 4.33. The topological polar surface area (TPSA) is 29.5 Å². The summed E-state index contributed by atoms with van der Waals surface area (Å²) in [5.74, 6) is 0.782. The van der Waals surface area contributed by atoms with Gasteiger partial charge in [0.2, 0.25) is 0 Å². The van der Waals surface area contributed by atoms with Gasteiger partial charge in [-0.25, -0.2) is 0 Å². The highest BCUT2D eigenvalue weighted by Crippen LogP contribution is 2.24. The van der Waals surface area contributed by atoms with Crippen molar-refractivity contribution < 1.29 is 9.84 Å². The fourth-order valence-electron chi connectivity index (χ4n) is 1.33. The van der Waals surface area contributed by atoms with Gasteiger partial charge in [0.05, 0.1) is 6.61 Å². The van der Waals surface area contributed by atoms with E-state index >= 15 is 0 Å². The number of ether oxygens (including phenoxy) is 1. The predicted molar refractivity (Wildman–Crippen MR) is 62.3 cm³/mol. The summed E-state index contributed by atoms with van der Waals surface area (Å²) < 4.78 is 5.44. The van der Waals surface area contributed by atoms with Crippen LogP contribution in [0.25, 0.3) is 0 Å². The molecule has 0 aliphatic carbocycles. The van der Waals surface area contributed by atoms with Crippen LogP contribution < -0.4 is 4.74 Å². The second-order valence-corrected chi connectivity index (χ2v) is 3.45. The van der Waals surface area contributed by atoms with Crippen molar-refractivity contribution >= 4 is 0 Å². The number of rotatable bonds is 7. The van der Waals surface area contributed by atoms with Crippen molar-refractivity contribution in [2.45, 2.75) is 25.7 Å². The SMILES string of the molecule is C=CCCCCCOc1ccccc1O. The standard InChI is InChI=1S/C13H18O2/c1-2-3-4-5-8-11-15-13-10-7-6-9-12(13)14/h2,6-7,9-10,14H,1,3-5,8,11H2. The van der Waals surface area contributed by atoms with E-state index in [-0.39, 0.29) is 5.75 Å². The highest BCUT2D eigenvalue weighted by Gasteiger charge is 1.98. The second-order valence-electron chi connectivity index (χ2n) is 3.45. The van der Waals surface area contributed by atoms with Crippen LogP contribution in [-0.4, -0.2) is 11.7 Å². The van der Waals surface area contributed by atoms with E-state index in [2.05, 4.69) is 6.58 Å². The van der Waals surface area contributed by atoms with Gasteiger partial charge < -0.3 is 9.84 Å². The van der Waals surface area contributed by atoms with E-state index in [0.717, 1.165) is 25.7 Å². The average molecular weight is 206 g/mol. The van der Waals surface area contributed by atoms with Crippen molar-refractivity contribution in [1.82, 2.24) is 0 Å². The van der Waals surface area contributed by atoms with Crippen LogP contribution in [0.15, 0.2) is 36.9 Å². The minimum absolute atomic E-state index is 0.212. The Labute approximate surface area is 91.2 Å². The van der Waals surface area contributed by atoms with Crippen molar-refractivity contribution in [2.24, 2.45) is 0 Å². The average Bonchev–Trinajstić information content (AvgIpc) is 2.25. The Morgan fingerprint density at radius 1 is 1.20 bits per heavy atom. The molecular weight excluding hydrogens is 188 g/mol. The number of phenols is 1. The summed E-state index contributed by atoms with van der Waals surface area (Å²) in [4.78, 5) is 0. The molecule has 0 saturated heterocycles. The monoisotopic (exact) mass is 206 g/mol. The number of allylic oxidation sites excluding steroid dienone is 1. The summed E-state index contributed by atoms with van der Waals surface area (Å²) in [5.41, 5.74) is 0. The molecule has 0 heterocycles. The van der Waals surface area contributed by atoms with E-state index in [1.165, 1.54) is 0 Å². The van der Waals surface area contributed by atoms with Crippen LogP contribution in [0.1, 0.15) is 25.7 Å². The molecule has 0 aromatic heterocycles. The van der Waals surface area contributed by atoms with E-state index in [0.29, 0.717) is 12.4 Å². The van der Waals surface area contributed by atoms with Crippen molar-refractivity contribution in [3.8, 4) is 11.5 Å². The smallest absolute Gasteiger partial charge is 0.160 e. The van der Waals surface area contributed by atoms with E-state index in [1.54, 1.807) is 18.2 Å². The zero-order chi connectivity index (χ0) is 10.9. The van der Waals surface area contributed by atoms with E-state index < -0.39 is 0 Å². The summed E-state index contributed by atoms with van der Waals surface area (Å²) in [6, 6.07) is 7.05. The van der Waals surface area contributed by atoms with Crippen LogP contribution in [0, 0.1) is 0 Å². The number of benzene rings is 1. The maximum absolute atomic E-state index is 9.41. The Balaban J connectivity index is 2.15. The number of aromatic hydroxyl groups is 1. The first kappa shape index (κ1) is 11.6. The molecule has 0 saturated carbocycles. The predicted octanol–water partition coefficient (Wildman–Crippen LogP) is 3.52. The normalized spacial score (nSPS) is 9.87. The van der Waals surface area contributed by atoms with Gasteiger partial charge in [-0.1, -0.05) is 18.2 Å². The molecule has 15 heavy (non-hydrogen) atoms. The summed E-state index contributed by atoms with van der Waals surface area (Å²) in [6.07, 6.45) is 6.32. The molecule has 2 nitrogen and oxygen atoms in total. The van der Waals surface area contributed by atoms with Gasteiger partial charge in [0.15, 0.2) is 11.5 Å². The van der Waals surface area contributed by atoms with Crippen molar-refractivity contribution in [3.63, 3.8) is 0 Å². The first-order chi connectivity index (χ1) is 7.34. The lowest BCUT2D eigenvalue weighted by Crippen LogP contribution is -1.97. The fourth-order valence-corrected chi connectivity index (χ4v) is 1.33. The van der Waals surface area contributed by atoms with Crippen LogP contribution in [0.2, 0.25) is 0 Å². The summed E-state index contributed by atoms with van der Waals surface area (Å²) in [5, 5.41) is 9.41. The molecular formula is C13H18O2. The number of para-hydroxylation sites is 2. The largest absolute Gasteiger partial charge is 0.504 e. The molecule has 0 fully saturated rings. The fraction of sp³-hybridized carbons (Fsp3) is 0.385. The van der Waals surface area contributed by atoms with E-state index in [9.17, 15) is 5.11 Å². The number of phenolic OH excluding ortho intramolecular Hbond substituents is 1. The Hall–Kier alpha value is -1.44. The molecule has 1 rings (SSSR count). The molecule has 0 amide bonds. The van der Waals surface area contributed by atoms with Gasteiger partial charge in [-0.15, -0.1) is 6.58 Å². The lowest BCUT2D eigenvalue weighted by Gasteiger charge is -2.06. The number of hydrogen-bond donors (Lipinski definition) is 1. The van der Waals surface area contributed by atoms with Crippen LogP contribution in [0.4, 0.5) is 0 Å². The Kier molecular flexibility index (Phi) is 5.38. The Morgan fingerprint density at radius 2 is 2.00 bits per heavy atom. The lowest BCUT2D eigenvalue weighted by atomic mass is 10.2. The van der Waals surface area contributed by atoms with Gasteiger partial charge in [-0.2, -0.15) is 0 Å². The quantitative estimate of drug-likeness (QED) is 0.546. The van der Waals surface area contributed by atoms with Crippen LogP contribution in [0.5, 0.6) is 11.5 Å². The molecule has 0 unspecified atom stereocenters. The van der Waals surface area contributed by atoms with Gasteiger partial charge in [0.1, 0.15) is 0 Å². The number of hydrogen-bond acceptors (Lipinski definition) is 2. The molecule has 0 aliphatic rings. The second kappa shape index (κ2) is 6.93.